The van der Waals surface area contributed by atoms with E-state index in [1.54, 1.807) is 6.20 Å². The van der Waals surface area contributed by atoms with Crippen LogP contribution in [0, 0.1) is 6.92 Å². The zero-order valence-electron chi connectivity index (χ0n) is 13.7. The minimum atomic E-state index is 0.110. The number of aryl methyl sites for hydroxylation is 1. The molecule has 0 aliphatic carbocycles. The van der Waals surface area contributed by atoms with Crippen LogP contribution in [0.4, 0.5) is 0 Å². The predicted octanol–water partition coefficient (Wildman–Crippen LogP) is 2.94. The molecule has 0 bridgehead atoms. The van der Waals surface area contributed by atoms with Gasteiger partial charge in [-0.2, -0.15) is 0 Å². The number of nitrogens with zero attached hydrogens (tertiary/aromatic N) is 4. The van der Waals surface area contributed by atoms with Crippen molar-refractivity contribution < 1.29 is 4.79 Å². The monoisotopic (exact) mass is 320 g/mol. The topological polar surface area (TPSA) is 50.5 Å². The van der Waals surface area contributed by atoms with Crippen LogP contribution in [0.1, 0.15) is 36.0 Å². The van der Waals surface area contributed by atoms with E-state index in [-0.39, 0.29) is 11.9 Å². The van der Waals surface area contributed by atoms with Crippen molar-refractivity contribution in [2.45, 2.75) is 32.2 Å². The van der Waals surface area contributed by atoms with E-state index in [0.717, 1.165) is 42.1 Å². The summed E-state index contributed by atoms with van der Waals surface area (Å²) in [7, 11) is 0. The number of fused-ring (bicyclic) bond motifs is 1. The van der Waals surface area contributed by atoms with Crippen LogP contribution in [0.3, 0.4) is 0 Å². The number of carbonyl (C=O) groups is 1. The van der Waals surface area contributed by atoms with Crippen molar-refractivity contribution in [1.82, 2.24) is 19.3 Å². The molecule has 0 N–H and O–H groups in total. The summed E-state index contributed by atoms with van der Waals surface area (Å²) in [6.07, 6.45) is 6.16. The molecule has 1 aliphatic rings. The largest absolute Gasteiger partial charge is 0.334 e. The fourth-order valence-electron chi connectivity index (χ4n) is 3.56. The zero-order valence-corrected chi connectivity index (χ0v) is 13.7. The number of imidazole rings is 1. The Morgan fingerprint density at radius 1 is 1.25 bits per heavy atom. The van der Waals surface area contributed by atoms with Crippen molar-refractivity contribution >= 4 is 11.6 Å². The maximum Gasteiger partial charge on any atom is 0.229 e. The Bertz CT molecular complexity index is 871. The van der Waals surface area contributed by atoms with Gasteiger partial charge in [-0.15, -0.1) is 0 Å². The van der Waals surface area contributed by atoms with Crippen molar-refractivity contribution in [3.05, 3.63) is 65.9 Å². The Balaban J connectivity index is 1.63. The summed E-state index contributed by atoms with van der Waals surface area (Å²) in [6.45, 7) is 2.80. The zero-order chi connectivity index (χ0) is 16.5. The van der Waals surface area contributed by atoms with E-state index < -0.39 is 0 Å². The second-order valence-corrected chi connectivity index (χ2v) is 6.30. The molecule has 4 rings (SSSR count). The Labute approximate surface area is 141 Å². The highest BCUT2D eigenvalue weighted by molar-refractivity contribution is 5.79. The highest BCUT2D eigenvalue weighted by Gasteiger charge is 2.31. The van der Waals surface area contributed by atoms with E-state index in [0.29, 0.717) is 6.42 Å². The molecule has 1 amide bonds. The average Bonchev–Trinajstić information content (AvgIpc) is 3.20. The van der Waals surface area contributed by atoms with Gasteiger partial charge in [0.1, 0.15) is 5.65 Å². The normalized spacial score (nSPS) is 17.5. The first-order valence-corrected chi connectivity index (χ1v) is 8.36. The molecule has 0 aromatic carbocycles. The summed E-state index contributed by atoms with van der Waals surface area (Å²) in [5, 5.41) is 0. The Hall–Kier alpha value is -2.69. The van der Waals surface area contributed by atoms with Gasteiger partial charge in [0, 0.05) is 30.3 Å². The van der Waals surface area contributed by atoms with Gasteiger partial charge in [0.2, 0.25) is 5.91 Å². The summed E-state index contributed by atoms with van der Waals surface area (Å²) >= 11 is 0. The number of likely N-dealkylation sites (tertiary alicyclic amines) is 1. The first kappa shape index (κ1) is 14.9. The average molecular weight is 320 g/mol. The van der Waals surface area contributed by atoms with E-state index in [4.69, 9.17) is 0 Å². The van der Waals surface area contributed by atoms with E-state index >= 15 is 0 Å². The minimum Gasteiger partial charge on any atom is -0.334 e. The fraction of sp³-hybridized carbons (Fsp3) is 0.316. The first-order valence-electron chi connectivity index (χ1n) is 8.36. The Morgan fingerprint density at radius 3 is 3.00 bits per heavy atom. The van der Waals surface area contributed by atoms with Crippen LogP contribution in [-0.2, 0) is 11.2 Å². The van der Waals surface area contributed by atoms with Gasteiger partial charge in [-0.05, 0) is 44.0 Å². The number of hydrogen-bond donors (Lipinski definition) is 0. The van der Waals surface area contributed by atoms with Crippen molar-refractivity contribution in [3.63, 3.8) is 0 Å². The number of carbonyl (C=O) groups excluding carboxylic acids is 1. The lowest BCUT2D eigenvalue weighted by atomic mass is 10.1. The molecule has 3 aromatic heterocycles. The van der Waals surface area contributed by atoms with Crippen LogP contribution >= 0.6 is 0 Å². The van der Waals surface area contributed by atoms with Crippen molar-refractivity contribution in [3.8, 4) is 0 Å². The number of pyridine rings is 2. The van der Waals surface area contributed by atoms with E-state index in [1.165, 1.54) is 0 Å². The molecule has 3 aromatic rings. The molecule has 0 unspecified atom stereocenters. The fourth-order valence-corrected chi connectivity index (χ4v) is 3.56. The molecule has 1 aliphatic heterocycles. The third-order valence-corrected chi connectivity index (χ3v) is 4.62. The molecule has 5 heteroatoms. The lowest BCUT2D eigenvalue weighted by molar-refractivity contribution is -0.131. The summed E-state index contributed by atoms with van der Waals surface area (Å²) in [6, 6.07) is 11.9. The van der Waals surface area contributed by atoms with Gasteiger partial charge in [-0.3, -0.25) is 9.78 Å². The molecule has 1 atom stereocenters. The smallest absolute Gasteiger partial charge is 0.229 e. The lowest BCUT2D eigenvalue weighted by Gasteiger charge is -2.25. The molecule has 0 radical (unpaired) electrons. The standard InChI is InChI=1S/C19H20N4O/c1-14-13-23-17(7-4-9-18(23)21-14)16-8-5-11-22(16)19(24)12-15-6-2-3-10-20-15/h2-4,6-7,9-10,13,16H,5,8,11-12H2,1H3/t16-/m1/s1. The van der Waals surface area contributed by atoms with Crippen LogP contribution in [-0.4, -0.2) is 31.7 Å². The van der Waals surface area contributed by atoms with Crippen LogP contribution < -0.4 is 0 Å². The van der Waals surface area contributed by atoms with E-state index in [9.17, 15) is 4.79 Å². The van der Waals surface area contributed by atoms with Gasteiger partial charge >= 0.3 is 0 Å². The van der Waals surface area contributed by atoms with Crippen LogP contribution in [0.25, 0.3) is 5.65 Å². The van der Waals surface area contributed by atoms with Gasteiger partial charge < -0.3 is 9.30 Å². The van der Waals surface area contributed by atoms with Crippen molar-refractivity contribution in [1.29, 1.82) is 0 Å². The van der Waals surface area contributed by atoms with Gasteiger partial charge in [0.05, 0.1) is 18.2 Å². The second kappa shape index (κ2) is 6.07. The van der Waals surface area contributed by atoms with Crippen LogP contribution in [0.2, 0.25) is 0 Å². The molecule has 24 heavy (non-hydrogen) atoms. The Kier molecular flexibility index (Phi) is 3.76. The third kappa shape index (κ3) is 2.66. The maximum absolute atomic E-state index is 12.8. The highest BCUT2D eigenvalue weighted by atomic mass is 16.2. The summed E-state index contributed by atoms with van der Waals surface area (Å²) < 4.78 is 2.12. The number of rotatable bonds is 3. The summed E-state index contributed by atoms with van der Waals surface area (Å²) in [4.78, 5) is 23.6. The first-order chi connectivity index (χ1) is 11.7. The second-order valence-electron chi connectivity index (χ2n) is 6.30. The summed E-state index contributed by atoms with van der Waals surface area (Å²) in [5.74, 6) is 0.144. The molecule has 1 fully saturated rings. The van der Waals surface area contributed by atoms with Crippen molar-refractivity contribution in [2.24, 2.45) is 0 Å². The molecule has 5 nitrogen and oxygen atoms in total. The SMILES string of the molecule is Cc1cn2c([C@H]3CCCN3C(=O)Cc3ccccn3)cccc2n1. The molecule has 4 heterocycles. The molecular formula is C19H20N4O. The quantitative estimate of drug-likeness (QED) is 0.745. The predicted molar refractivity (Wildman–Crippen MR) is 91.6 cm³/mol. The van der Waals surface area contributed by atoms with Crippen molar-refractivity contribution in [2.75, 3.05) is 6.54 Å². The van der Waals surface area contributed by atoms with Gasteiger partial charge in [-0.25, -0.2) is 4.98 Å². The van der Waals surface area contributed by atoms with Crippen LogP contribution in [0.15, 0.2) is 48.8 Å². The van der Waals surface area contributed by atoms with Gasteiger partial charge in [0.25, 0.3) is 0 Å². The van der Waals surface area contributed by atoms with Gasteiger partial charge in [0.15, 0.2) is 0 Å². The van der Waals surface area contributed by atoms with E-state index in [1.807, 2.05) is 48.4 Å². The molecule has 122 valence electrons. The molecule has 1 saturated heterocycles. The molecule has 0 spiro atoms. The highest BCUT2D eigenvalue weighted by Crippen LogP contribution is 2.32. The molecular weight excluding hydrogens is 300 g/mol. The van der Waals surface area contributed by atoms with Crippen LogP contribution in [0.5, 0.6) is 0 Å². The molecule has 0 saturated carbocycles. The van der Waals surface area contributed by atoms with E-state index in [2.05, 4.69) is 20.4 Å². The third-order valence-electron chi connectivity index (χ3n) is 4.62. The maximum atomic E-state index is 12.8. The Morgan fingerprint density at radius 2 is 2.17 bits per heavy atom. The summed E-state index contributed by atoms with van der Waals surface area (Å²) in [5.41, 5.74) is 3.89. The number of aromatic nitrogens is 3. The number of amides is 1. The minimum absolute atomic E-state index is 0.110. The lowest BCUT2D eigenvalue weighted by Crippen LogP contribution is -2.32. The number of hydrogen-bond acceptors (Lipinski definition) is 3. The van der Waals surface area contributed by atoms with Gasteiger partial charge in [-0.1, -0.05) is 12.1 Å².